The van der Waals surface area contributed by atoms with Gasteiger partial charge >= 0.3 is 5.97 Å². The summed E-state index contributed by atoms with van der Waals surface area (Å²) in [6.07, 6.45) is 3.12. The first-order valence-corrected chi connectivity index (χ1v) is 7.41. The molecule has 1 amide bonds. The first-order chi connectivity index (χ1) is 10.5. The summed E-state index contributed by atoms with van der Waals surface area (Å²) in [4.78, 5) is 26.5. The number of rotatable bonds is 5. The Morgan fingerprint density at radius 3 is 2.73 bits per heavy atom. The molecule has 0 aliphatic carbocycles. The number of hydrogen-bond donors (Lipinski definition) is 0. The van der Waals surface area contributed by atoms with Gasteiger partial charge in [-0.1, -0.05) is 13.8 Å². The van der Waals surface area contributed by atoms with E-state index in [-0.39, 0.29) is 12.5 Å². The SMILES string of the molecule is CCOC(=O)C1=C(C)N(CC(C)C)C(=O)C1=Cc1ccco1. The third-order valence-electron chi connectivity index (χ3n) is 3.37. The molecule has 1 aliphatic heterocycles. The molecule has 2 rings (SSSR count). The van der Waals surface area contributed by atoms with Gasteiger partial charge in [0, 0.05) is 12.2 Å². The fourth-order valence-electron chi connectivity index (χ4n) is 2.43. The maximum atomic E-state index is 12.7. The first-order valence-electron chi connectivity index (χ1n) is 7.41. The highest BCUT2D eigenvalue weighted by Crippen LogP contribution is 2.32. The van der Waals surface area contributed by atoms with Gasteiger partial charge < -0.3 is 14.1 Å². The maximum absolute atomic E-state index is 12.7. The van der Waals surface area contributed by atoms with Crippen molar-refractivity contribution in [3.63, 3.8) is 0 Å². The minimum atomic E-state index is -0.475. The van der Waals surface area contributed by atoms with Gasteiger partial charge in [-0.05, 0) is 38.0 Å². The number of nitrogens with zero attached hydrogens (tertiary/aromatic N) is 1. The minimum Gasteiger partial charge on any atom is -0.465 e. The Labute approximate surface area is 130 Å². The van der Waals surface area contributed by atoms with Gasteiger partial charge in [0.15, 0.2) is 0 Å². The van der Waals surface area contributed by atoms with E-state index in [1.54, 1.807) is 37.0 Å². The second kappa shape index (κ2) is 6.64. The van der Waals surface area contributed by atoms with Crippen LogP contribution in [-0.4, -0.2) is 29.9 Å². The Hall–Kier alpha value is -2.30. The van der Waals surface area contributed by atoms with Gasteiger partial charge in [-0.15, -0.1) is 0 Å². The largest absolute Gasteiger partial charge is 0.465 e. The third-order valence-corrected chi connectivity index (χ3v) is 3.37. The molecule has 0 bridgehead atoms. The second-order valence-corrected chi connectivity index (χ2v) is 5.56. The number of esters is 1. The summed E-state index contributed by atoms with van der Waals surface area (Å²) in [7, 11) is 0. The highest BCUT2D eigenvalue weighted by Gasteiger charge is 2.37. The molecule has 1 aromatic rings. The third kappa shape index (κ3) is 3.13. The van der Waals surface area contributed by atoms with E-state index in [1.807, 2.05) is 13.8 Å². The lowest BCUT2D eigenvalue weighted by atomic mass is 10.1. The molecule has 0 unspecified atom stereocenters. The van der Waals surface area contributed by atoms with Crippen LogP contribution in [0.4, 0.5) is 0 Å². The van der Waals surface area contributed by atoms with Gasteiger partial charge in [0.1, 0.15) is 5.76 Å². The number of furan rings is 1. The quantitative estimate of drug-likeness (QED) is 0.620. The molecule has 5 nitrogen and oxygen atoms in total. The topological polar surface area (TPSA) is 59.8 Å². The predicted molar refractivity (Wildman–Crippen MR) is 82.6 cm³/mol. The zero-order chi connectivity index (χ0) is 16.3. The van der Waals surface area contributed by atoms with Crippen LogP contribution in [0.25, 0.3) is 6.08 Å². The molecule has 0 fully saturated rings. The first kappa shape index (κ1) is 16.1. The molecule has 118 valence electrons. The Balaban J connectivity index is 2.46. The average molecular weight is 303 g/mol. The van der Waals surface area contributed by atoms with E-state index in [2.05, 4.69) is 0 Å². The summed E-state index contributed by atoms with van der Waals surface area (Å²) < 4.78 is 10.4. The van der Waals surface area contributed by atoms with Crippen LogP contribution in [0.1, 0.15) is 33.5 Å². The molecule has 2 heterocycles. The van der Waals surface area contributed by atoms with Crippen molar-refractivity contribution in [2.75, 3.05) is 13.2 Å². The Morgan fingerprint density at radius 1 is 1.45 bits per heavy atom. The highest BCUT2D eigenvalue weighted by atomic mass is 16.5. The van der Waals surface area contributed by atoms with Gasteiger partial charge in [-0.3, -0.25) is 4.79 Å². The molecule has 0 radical (unpaired) electrons. The molecule has 1 aliphatic rings. The van der Waals surface area contributed by atoms with Crippen LogP contribution in [0.2, 0.25) is 0 Å². The Kier molecular flexibility index (Phi) is 4.85. The standard InChI is InChI=1S/C17H21NO4/c1-5-21-17(20)15-12(4)18(10-11(2)3)16(19)14(15)9-13-7-6-8-22-13/h6-9,11H,5,10H2,1-4H3. The minimum absolute atomic E-state index is 0.189. The molecule has 0 saturated heterocycles. The Bertz CT molecular complexity index is 623. The van der Waals surface area contributed by atoms with Crippen LogP contribution in [0.5, 0.6) is 0 Å². The summed E-state index contributed by atoms with van der Waals surface area (Å²) in [5.41, 5.74) is 1.28. The van der Waals surface area contributed by atoms with Crippen molar-refractivity contribution in [3.8, 4) is 0 Å². The van der Waals surface area contributed by atoms with Gasteiger partial charge in [0.05, 0.1) is 24.0 Å². The fourth-order valence-corrected chi connectivity index (χ4v) is 2.43. The van der Waals surface area contributed by atoms with Crippen molar-refractivity contribution in [1.29, 1.82) is 0 Å². The number of ether oxygens (including phenoxy) is 1. The van der Waals surface area contributed by atoms with Crippen molar-refractivity contribution in [2.24, 2.45) is 5.92 Å². The molecule has 0 aromatic carbocycles. The summed E-state index contributed by atoms with van der Waals surface area (Å²) >= 11 is 0. The lowest BCUT2D eigenvalue weighted by Crippen LogP contribution is -2.28. The number of hydrogen-bond acceptors (Lipinski definition) is 4. The number of amides is 1. The summed E-state index contributed by atoms with van der Waals surface area (Å²) in [6, 6.07) is 3.47. The van der Waals surface area contributed by atoms with Crippen molar-refractivity contribution in [2.45, 2.75) is 27.7 Å². The molecule has 0 N–H and O–H groups in total. The molecular formula is C17H21NO4. The van der Waals surface area contributed by atoms with E-state index in [0.717, 1.165) is 0 Å². The van der Waals surface area contributed by atoms with Gasteiger partial charge in [-0.2, -0.15) is 0 Å². The molecular weight excluding hydrogens is 282 g/mol. The fraction of sp³-hybridized carbons (Fsp3) is 0.412. The molecule has 5 heteroatoms. The Morgan fingerprint density at radius 2 is 2.18 bits per heavy atom. The van der Waals surface area contributed by atoms with Crippen molar-refractivity contribution in [3.05, 3.63) is 41.0 Å². The van der Waals surface area contributed by atoms with E-state index < -0.39 is 5.97 Å². The van der Waals surface area contributed by atoms with Gasteiger partial charge in [0.2, 0.25) is 0 Å². The van der Waals surface area contributed by atoms with Gasteiger partial charge in [-0.25, -0.2) is 4.79 Å². The average Bonchev–Trinajstić information content (AvgIpc) is 3.02. The predicted octanol–water partition coefficient (Wildman–Crippen LogP) is 3.00. The number of carbonyl (C=O) groups excluding carboxylic acids is 2. The zero-order valence-electron chi connectivity index (χ0n) is 13.4. The number of allylic oxidation sites excluding steroid dienone is 1. The van der Waals surface area contributed by atoms with Crippen LogP contribution >= 0.6 is 0 Å². The zero-order valence-corrected chi connectivity index (χ0v) is 13.4. The second-order valence-electron chi connectivity index (χ2n) is 5.56. The molecule has 0 saturated carbocycles. The molecule has 0 spiro atoms. The summed E-state index contributed by atoms with van der Waals surface area (Å²) in [5, 5.41) is 0. The van der Waals surface area contributed by atoms with Gasteiger partial charge in [0.25, 0.3) is 5.91 Å². The summed E-state index contributed by atoms with van der Waals surface area (Å²) in [6.45, 7) is 8.39. The van der Waals surface area contributed by atoms with E-state index >= 15 is 0 Å². The van der Waals surface area contributed by atoms with E-state index in [9.17, 15) is 9.59 Å². The van der Waals surface area contributed by atoms with Crippen molar-refractivity contribution < 1.29 is 18.7 Å². The van der Waals surface area contributed by atoms with Crippen molar-refractivity contribution >= 4 is 18.0 Å². The van der Waals surface area contributed by atoms with Crippen LogP contribution < -0.4 is 0 Å². The van der Waals surface area contributed by atoms with E-state index in [4.69, 9.17) is 9.15 Å². The van der Waals surface area contributed by atoms with E-state index in [1.165, 1.54) is 6.26 Å². The molecule has 22 heavy (non-hydrogen) atoms. The van der Waals surface area contributed by atoms with E-state index in [0.29, 0.717) is 35.1 Å². The normalized spacial score (nSPS) is 17.0. The van der Waals surface area contributed by atoms with Crippen molar-refractivity contribution in [1.82, 2.24) is 4.90 Å². The summed E-state index contributed by atoms with van der Waals surface area (Å²) in [5.74, 6) is 0.165. The maximum Gasteiger partial charge on any atom is 0.340 e. The van der Waals surface area contributed by atoms with Crippen LogP contribution in [-0.2, 0) is 14.3 Å². The monoisotopic (exact) mass is 303 g/mol. The molecule has 1 aromatic heterocycles. The van der Waals surface area contributed by atoms with Crippen LogP contribution in [0.3, 0.4) is 0 Å². The highest BCUT2D eigenvalue weighted by molar-refractivity contribution is 6.16. The van der Waals surface area contributed by atoms with Crippen LogP contribution in [0.15, 0.2) is 39.7 Å². The number of carbonyl (C=O) groups is 2. The lowest BCUT2D eigenvalue weighted by Gasteiger charge is -2.19. The van der Waals surface area contributed by atoms with Crippen LogP contribution in [0, 0.1) is 5.92 Å². The smallest absolute Gasteiger partial charge is 0.340 e. The lowest BCUT2D eigenvalue weighted by molar-refractivity contribution is -0.138. The molecule has 0 atom stereocenters.